The molecule has 0 atom stereocenters. The van der Waals surface area contributed by atoms with Crippen LogP contribution in [0.5, 0.6) is 11.5 Å². The van der Waals surface area contributed by atoms with Gasteiger partial charge in [0.1, 0.15) is 15.7 Å². The minimum Gasteiger partial charge on any atom is -0.490 e. The molecular formula is C20H17FN2O3S. The summed E-state index contributed by atoms with van der Waals surface area (Å²) in [4.78, 5) is 17.7. The second-order valence-electron chi connectivity index (χ2n) is 6.11. The van der Waals surface area contributed by atoms with Crippen molar-refractivity contribution in [3.8, 4) is 22.1 Å². The Balaban J connectivity index is 1.55. The maximum atomic E-state index is 13.1. The molecule has 0 aliphatic carbocycles. The lowest BCUT2D eigenvalue weighted by atomic mass is 10.2. The molecule has 2 heterocycles. The Morgan fingerprint density at radius 1 is 1.11 bits per heavy atom. The number of thiazole rings is 1. The summed E-state index contributed by atoms with van der Waals surface area (Å²) in [5.41, 5.74) is 2.03. The van der Waals surface area contributed by atoms with E-state index in [9.17, 15) is 9.18 Å². The number of carbonyl (C=O) groups excluding carboxylic acids is 1. The number of anilines is 1. The number of aromatic nitrogens is 1. The van der Waals surface area contributed by atoms with Crippen molar-refractivity contribution in [2.24, 2.45) is 0 Å². The SMILES string of the molecule is Cc1nc(-c2ccc(F)cc2)sc1C(=O)Nc1ccc2c(c1)OCCCO2. The number of hydrogen-bond donors (Lipinski definition) is 1. The molecule has 3 aromatic rings. The zero-order chi connectivity index (χ0) is 18.8. The molecule has 1 aliphatic rings. The van der Waals surface area contributed by atoms with E-state index in [0.717, 1.165) is 12.0 Å². The van der Waals surface area contributed by atoms with E-state index in [1.54, 1.807) is 37.3 Å². The number of fused-ring (bicyclic) bond motifs is 1. The van der Waals surface area contributed by atoms with Crippen LogP contribution in [0.4, 0.5) is 10.1 Å². The zero-order valence-electron chi connectivity index (χ0n) is 14.6. The highest BCUT2D eigenvalue weighted by Crippen LogP contribution is 2.33. The Labute approximate surface area is 159 Å². The van der Waals surface area contributed by atoms with Crippen molar-refractivity contribution >= 4 is 22.9 Å². The maximum absolute atomic E-state index is 13.1. The van der Waals surface area contributed by atoms with Crippen molar-refractivity contribution in [1.29, 1.82) is 0 Å². The first-order valence-corrected chi connectivity index (χ1v) is 9.36. The highest BCUT2D eigenvalue weighted by Gasteiger charge is 2.18. The third-order valence-electron chi connectivity index (χ3n) is 4.10. The normalized spacial score (nSPS) is 13.1. The van der Waals surface area contributed by atoms with Crippen LogP contribution in [0, 0.1) is 12.7 Å². The number of hydrogen-bond acceptors (Lipinski definition) is 5. The number of aryl methyl sites for hydroxylation is 1. The van der Waals surface area contributed by atoms with E-state index in [-0.39, 0.29) is 11.7 Å². The van der Waals surface area contributed by atoms with E-state index >= 15 is 0 Å². The van der Waals surface area contributed by atoms with E-state index in [2.05, 4.69) is 10.3 Å². The molecule has 27 heavy (non-hydrogen) atoms. The number of rotatable bonds is 3. The summed E-state index contributed by atoms with van der Waals surface area (Å²) in [6.07, 6.45) is 0.822. The fraction of sp³-hybridized carbons (Fsp3) is 0.200. The van der Waals surface area contributed by atoms with E-state index in [4.69, 9.17) is 9.47 Å². The van der Waals surface area contributed by atoms with Crippen LogP contribution in [-0.4, -0.2) is 24.1 Å². The van der Waals surface area contributed by atoms with E-state index < -0.39 is 0 Å². The van der Waals surface area contributed by atoms with Gasteiger partial charge in [0.2, 0.25) is 0 Å². The third kappa shape index (κ3) is 3.78. The van der Waals surface area contributed by atoms with Crippen LogP contribution in [0.2, 0.25) is 0 Å². The van der Waals surface area contributed by atoms with Gasteiger partial charge in [0.25, 0.3) is 5.91 Å². The van der Waals surface area contributed by atoms with Crippen LogP contribution >= 0.6 is 11.3 Å². The second kappa shape index (κ2) is 7.36. The van der Waals surface area contributed by atoms with Crippen LogP contribution < -0.4 is 14.8 Å². The minimum absolute atomic E-state index is 0.243. The summed E-state index contributed by atoms with van der Waals surface area (Å²) >= 11 is 1.28. The first-order valence-electron chi connectivity index (χ1n) is 8.54. The third-order valence-corrected chi connectivity index (χ3v) is 5.30. The van der Waals surface area contributed by atoms with Crippen molar-refractivity contribution in [3.63, 3.8) is 0 Å². The number of ether oxygens (including phenoxy) is 2. The topological polar surface area (TPSA) is 60.5 Å². The van der Waals surface area contributed by atoms with Crippen molar-refractivity contribution < 1.29 is 18.7 Å². The molecule has 0 fully saturated rings. The van der Waals surface area contributed by atoms with Gasteiger partial charge in [-0.2, -0.15) is 0 Å². The minimum atomic E-state index is -0.306. The van der Waals surface area contributed by atoms with Gasteiger partial charge < -0.3 is 14.8 Å². The fourth-order valence-corrected chi connectivity index (χ4v) is 3.72. The van der Waals surface area contributed by atoms with Gasteiger partial charge in [0.15, 0.2) is 11.5 Å². The number of halogens is 1. The monoisotopic (exact) mass is 384 g/mol. The first kappa shape index (κ1) is 17.5. The Morgan fingerprint density at radius 3 is 2.63 bits per heavy atom. The number of carbonyl (C=O) groups is 1. The molecule has 1 amide bonds. The fourth-order valence-electron chi connectivity index (χ4n) is 2.75. The Bertz CT molecular complexity index is 985. The van der Waals surface area contributed by atoms with Crippen molar-refractivity contribution in [3.05, 3.63) is 58.9 Å². The molecule has 0 spiro atoms. The Kier molecular flexibility index (Phi) is 4.77. The summed E-state index contributed by atoms with van der Waals surface area (Å²) in [7, 11) is 0. The zero-order valence-corrected chi connectivity index (χ0v) is 15.4. The molecule has 0 bridgehead atoms. The standard InChI is InChI=1S/C20H17FN2O3S/c1-12-18(27-20(22-12)13-3-5-14(21)6-4-13)19(24)23-15-7-8-16-17(11-15)26-10-2-9-25-16/h3-8,11H,2,9-10H2,1H3,(H,23,24). The van der Waals surface area contributed by atoms with E-state index in [1.165, 1.54) is 23.5 Å². The molecule has 0 saturated heterocycles. The lowest BCUT2D eigenvalue weighted by Crippen LogP contribution is -2.11. The molecule has 1 aromatic heterocycles. The van der Waals surface area contributed by atoms with Gasteiger partial charge in [-0.15, -0.1) is 11.3 Å². The highest BCUT2D eigenvalue weighted by molar-refractivity contribution is 7.17. The molecule has 1 aliphatic heterocycles. The van der Waals surface area contributed by atoms with Crippen LogP contribution in [0.15, 0.2) is 42.5 Å². The quantitative estimate of drug-likeness (QED) is 0.713. The maximum Gasteiger partial charge on any atom is 0.267 e. The number of amides is 1. The highest BCUT2D eigenvalue weighted by atomic mass is 32.1. The molecule has 1 N–H and O–H groups in total. The largest absolute Gasteiger partial charge is 0.490 e. The van der Waals surface area contributed by atoms with Gasteiger partial charge in [-0.1, -0.05) is 0 Å². The molecule has 4 rings (SSSR count). The van der Waals surface area contributed by atoms with Gasteiger partial charge in [-0.3, -0.25) is 4.79 Å². The van der Waals surface area contributed by atoms with Crippen LogP contribution in [-0.2, 0) is 0 Å². The molecular weight excluding hydrogens is 367 g/mol. The lowest BCUT2D eigenvalue weighted by molar-refractivity contribution is 0.103. The molecule has 7 heteroatoms. The Morgan fingerprint density at radius 2 is 1.85 bits per heavy atom. The van der Waals surface area contributed by atoms with Gasteiger partial charge in [-0.05, 0) is 43.3 Å². The molecule has 0 saturated carbocycles. The van der Waals surface area contributed by atoms with Gasteiger partial charge in [-0.25, -0.2) is 9.37 Å². The second-order valence-corrected chi connectivity index (χ2v) is 7.11. The summed E-state index contributed by atoms with van der Waals surface area (Å²) in [6, 6.07) is 11.4. The molecule has 2 aromatic carbocycles. The van der Waals surface area contributed by atoms with E-state index in [0.29, 0.717) is 46.0 Å². The Hall–Kier alpha value is -2.93. The molecule has 0 radical (unpaired) electrons. The molecule has 5 nitrogen and oxygen atoms in total. The van der Waals surface area contributed by atoms with Gasteiger partial charge >= 0.3 is 0 Å². The van der Waals surface area contributed by atoms with E-state index in [1.807, 2.05) is 0 Å². The van der Waals surface area contributed by atoms with Crippen LogP contribution in [0.3, 0.4) is 0 Å². The molecule has 138 valence electrons. The number of nitrogens with zero attached hydrogens (tertiary/aromatic N) is 1. The first-order chi connectivity index (χ1) is 13.1. The summed E-state index contributed by atoms with van der Waals surface area (Å²) in [5.74, 6) is 0.753. The molecule has 0 unspecified atom stereocenters. The summed E-state index contributed by atoms with van der Waals surface area (Å²) < 4.78 is 24.4. The number of benzene rings is 2. The van der Waals surface area contributed by atoms with Crippen molar-refractivity contribution in [2.45, 2.75) is 13.3 Å². The average Bonchev–Trinajstić information content (AvgIpc) is 2.90. The summed E-state index contributed by atoms with van der Waals surface area (Å²) in [6.45, 7) is 2.98. The van der Waals surface area contributed by atoms with Crippen LogP contribution in [0.25, 0.3) is 10.6 Å². The van der Waals surface area contributed by atoms with Crippen molar-refractivity contribution in [1.82, 2.24) is 4.98 Å². The average molecular weight is 384 g/mol. The predicted molar refractivity (Wildman–Crippen MR) is 102 cm³/mol. The smallest absolute Gasteiger partial charge is 0.267 e. The summed E-state index contributed by atoms with van der Waals surface area (Å²) in [5, 5.41) is 3.56. The van der Waals surface area contributed by atoms with Gasteiger partial charge in [0.05, 0.1) is 18.9 Å². The number of nitrogens with one attached hydrogen (secondary N) is 1. The predicted octanol–water partition coefficient (Wildman–Crippen LogP) is 4.67. The van der Waals surface area contributed by atoms with Gasteiger partial charge in [0, 0.05) is 23.7 Å². The van der Waals surface area contributed by atoms with Crippen LogP contribution in [0.1, 0.15) is 21.8 Å². The lowest BCUT2D eigenvalue weighted by Gasteiger charge is -2.10. The van der Waals surface area contributed by atoms with Crippen molar-refractivity contribution in [2.75, 3.05) is 18.5 Å².